The Morgan fingerprint density at radius 1 is 1.24 bits per heavy atom. The van der Waals surface area contributed by atoms with Gasteiger partial charge in [0.1, 0.15) is 5.25 Å². The van der Waals surface area contributed by atoms with Gasteiger partial charge in [-0.3, -0.25) is 4.79 Å². The first kappa shape index (κ1) is 16.3. The van der Waals surface area contributed by atoms with Gasteiger partial charge in [0.05, 0.1) is 0 Å². The van der Waals surface area contributed by atoms with Crippen LogP contribution in [-0.2, 0) is 26.9 Å². The Morgan fingerprint density at radius 3 is 2.29 bits per heavy atom. The summed E-state index contributed by atoms with van der Waals surface area (Å²) in [6.45, 7) is 1.45. The monoisotopic (exact) mass is 330 g/mol. The Kier molecular flexibility index (Phi) is 4.91. The third-order valence-electron chi connectivity index (χ3n) is 3.47. The van der Waals surface area contributed by atoms with Crippen molar-refractivity contribution < 1.29 is 13.2 Å². The maximum atomic E-state index is 11.8. The molecule has 21 heavy (non-hydrogen) atoms. The van der Waals surface area contributed by atoms with Crippen molar-refractivity contribution >= 4 is 25.6 Å². The number of halogens is 1. The highest BCUT2D eigenvalue weighted by molar-refractivity contribution is 8.14. The Bertz CT molecular complexity index is 614. The van der Waals surface area contributed by atoms with Crippen LogP contribution in [0.4, 0.5) is 0 Å². The molecule has 0 saturated carbocycles. The lowest BCUT2D eigenvalue weighted by atomic mass is 10.1. The molecule has 7 heteroatoms. The second-order valence-electron chi connectivity index (χ2n) is 5.63. The van der Waals surface area contributed by atoms with Crippen LogP contribution in [0.15, 0.2) is 24.3 Å². The van der Waals surface area contributed by atoms with E-state index < -0.39 is 14.3 Å². The highest BCUT2D eigenvalue weighted by Gasteiger charge is 2.37. The molecule has 0 spiro atoms. The maximum absolute atomic E-state index is 11.8. The van der Waals surface area contributed by atoms with Gasteiger partial charge in [0, 0.05) is 36.7 Å². The molecule has 1 saturated heterocycles. The molecule has 2 rings (SSSR count). The van der Waals surface area contributed by atoms with E-state index in [4.69, 9.17) is 10.7 Å². The van der Waals surface area contributed by atoms with Crippen molar-refractivity contribution in [2.45, 2.75) is 24.8 Å². The first-order valence-corrected chi connectivity index (χ1v) is 9.07. The zero-order valence-corrected chi connectivity index (χ0v) is 13.7. The van der Waals surface area contributed by atoms with Crippen LogP contribution in [0.2, 0.25) is 0 Å². The van der Waals surface area contributed by atoms with E-state index in [1.54, 1.807) is 4.90 Å². The molecule has 1 aliphatic heterocycles. The second kappa shape index (κ2) is 6.34. The smallest absolute Gasteiger partial charge is 0.237 e. The predicted molar refractivity (Wildman–Crippen MR) is 82.4 cm³/mol. The molecule has 0 radical (unpaired) electrons. The maximum Gasteiger partial charge on any atom is 0.237 e. The molecular formula is C14H19ClN2O3S. The average Bonchev–Trinajstić information content (AvgIpc) is 2.73. The fraction of sp³-hybridized carbons (Fsp3) is 0.500. The van der Waals surface area contributed by atoms with E-state index in [0.717, 1.165) is 12.1 Å². The lowest BCUT2D eigenvalue weighted by Gasteiger charge is -2.16. The van der Waals surface area contributed by atoms with Gasteiger partial charge >= 0.3 is 0 Å². The molecule has 1 fully saturated rings. The van der Waals surface area contributed by atoms with Crippen LogP contribution < -0.4 is 0 Å². The SMILES string of the molecule is CN(C)Cc1ccc(CN2CC(S(=O)(=O)Cl)CC2=O)cc1. The summed E-state index contributed by atoms with van der Waals surface area (Å²) in [6.07, 6.45) is -0.0233. The van der Waals surface area contributed by atoms with Crippen LogP contribution >= 0.6 is 10.7 Å². The minimum Gasteiger partial charge on any atom is -0.337 e. The van der Waals surface area contributed by atoms with E-state index >= 15 is 0 Å². The molecule has 5 nitrogen and oxygen atoms in total. The molecule has 0 bridgehead atoms. The number of likely N-dealkylation sites (tertiary alicyclic amines) is 1. The van der Waals surface area contributed by atoms with Crippen LogP contribution in [0.25, 0.3) is 0 Å². The Hall–Kier alpha value is -1.11. The summed E-state index contributed by atoms with van der Waals surface area (Å²) in [6, 6.07) is 7.97. The minimum atomic E-state index is -3.68. The Morgan fingerprint density at radius 2 is 1.81 bits per heavy atom. The molecule has 1 atom stereocenters. The van der Waals surface area contributed by atoms with Gasteiger partial charge in [0.2, 0.25) is 15.0 Å². The number of carbonyl (C=O) groups excluding carboxylic acids is 1. The molecule has 1 heterocycles. The minimum absolute atomic E-state index is 0.0233. The number of amides is 1. The number of nitrogens with zero attached hydrogens (tertiary/aromatic N) is 2. The Labute approximate surface area is 129 Å². The summed E-state index contributed by atoms with van der Waals surface area (Å²) in [5.74, 6) is -0.165. The van der Waals surface area contributed by atoms with E-state index in [-0.39, 0.29) is 18.9 Å². The van der Waals surface area contributed by atoms with Gasteiger partial charge in [0.25, 0.3) is 0 Å². The molecule has 1 aliphatic rings. The fourth-order valence-electron chi connectivity index (χ4n) is 2.41. The third kappa shape index (κ3) is 4.43. The summed E-state index contributed by atoms with van der Waals surface area (Å²) in [5, 5.41) is -0.792. The molecule has 116 valence electrons. The lowest BCUT2D eigenvalue weighted by Crippen LogP contribution is -2.26. The molecule has 0 aromatic heterocycles. The summed E-state index contributed by atoms with van der Waals surface area (Å²) in [4.78, 5) is 15.5. The van der Waals surface area contributed by atoms with Crippen LogP contribution in [0, 0.1) is 0 Å². The molecule has 0 aliphatic carbocycles. The van der Waals surface area contributed by atoms with Gasteiger partial charge < -0.3 is 9.80 Å². The number of benzene rings is 1. The quantitative estimate of drug-likeness (QED) is 0.766. The number of hydrogen-bond acceptors (Lipinski definition) is 4. The van der Waals surface area contributed by atoms with Gasteiger partial charge in [-0.2, -0.15) is 0 Å². The molecule has 0 N–H and O–H groups in total. The van der Waals surface area contributed by atoms with Crippen molar-refractivity contribution in [3.63, 3.8) is 0 Å². The lowest BCUT2D eigenvalue weighted by molar-refractivity contribution is -0.128. The van der Waals surface area contributed by atoms with Crippen molar-refractivity contribution in [3.05, 3.63) is 35.4 Å². The first-order chi connectivity index (χ1) is 9.75. The number of rotatable bonds is 5. The molecule has 1 aromatic carbocycles. The van der Waals surface area contributed by atoms with Crippen molar-refractivity contribution in [1.82, 2.24) is 9.80 Å². The standard InChI is InChI=1S/C14H19ClN2O3S/c1-16(2)8-11-3-5-12(6-4-11)9-17-10-13(7-14(17)18)21(15,19)20/h3-6,13H,7-10H2,1-2H3. The topological polar surface area (TPSA) is 57.7 Å². The third-order valence-corrected chi connectivity index (χ3v) is 5.34. The van der Waals surface area contributed by atoms with Crippen LogP contribution in [0.1, 0.15) is 17.5 Å². The molecular weight excluding hydrogens is 312 g/mol. The second-order valence-corrected chi connectivity index (χ2v) is 8.54. The summed E-state index contributed by atoms with van der Waals surface area (Å²) in [7, 11) is 5.66. The number of hydrogen-bond donors (Lipinski definition) is 0. The van der Waals surface area contributed by atoms with E-state index in [2.05, 4.69) is 4.90 Å². The van der Waals surface area contributed by atoms with E-state index in [9.17, 15) is 13.2 Å². The van der Waals surface area contributed by atoms with Crippen LogP contribution in [0.5, 0.6) is 0 Å². The summed E-state index contributed by atoms with van der Waals surface area (Å²) >= 11 is 0. The summed E-state index contributed by atoms with van der Waals surface area (Å²) in [5.41, 5.74) is 2.18. The summed E-state index contributed by atoms with van der Waals surface area (Å²) < 4.78 is 22.6. The van der Waals surface area contributed by atoms with Crippen molar-refractivity contribution in [2.24, 2.45) is 0 Å². The highest BCUT2D eigenvalue weighted by atomic mass is 35.7. The van der Waals surface area contributed by atoms with Crippen LogP contribution in [-0.4, -0.2) is 50.0 Å². The van der Waals surface area contributed by atoms with Gasteiger partial charge in [-0.15, -0.1) is 0 Å². The van der Waals surface area contributed by atoms with Crippen molar-refractivity contribution in [3.8, 4) is 0 Å². The van der Waals surface area contributed by atoms with E-state index in [1.165, 1.54) is 5.56 Å². The molecule has 1 unspecified atom stereocenters. The zero-order valence-electron chi connectivity index (χ0n) is 12.1. The van der Waals surface area contributed by atoms with Crippen molar-refractivity contribution in [1.29, 1.82) is 0 Å². The molecule has 1 amide bonds. The van der Waals surface area contributed by atoms with Gasteiger partial charge in [0.15, 0.2) is 0 Å². The first-order valence-electron chi connectivity index (χ1n) is 6.69. The van der Waals surface area contributed by atoms with Crippen molar-refractivity contribution in [2.75, 3.05) is 20.6 Å². The Balaban J connectivity index is 2.00. The predicted octanol–water partition coefficient (Wildman–Crippen LogP) is 1.42. The van der Waals surface area contributed by atoms with E-state index in [0.29, 0.717) is 6.54 Å². The number of carbonyl (C=O) groups is 1. The average molecular weight is 331 g/mol. The largest absolute Gasteiger partial charge is 0.337 e. The van der Waals surface area contributed by atoms with Gasteiger partial charge in [-0.05, 0) is 25.2 Å². The normalized spacial score (nSPS) is 19.5. The fourth-order valence-corrected chi connectivity index (χ4v) is 3.47. The highest BCUT2D eigenvalue weighted by Crippen LogP contribution is 2.23. The zero-order chi connectivity index (χ0) is 15.6. The van der Waals surface area contributed by atoms with Crippen LogP contribution in [0.3, 0.4) is 0 Å². The van der Waals surface area contributed by atoms with E-state index in [1.807, 2.05) is 38.4 Å². The van der Waals surface area contributed by atoms with Gasteiger partial charge in [-0.1, -0.05) is 24.3 Å². The van der Waals surface area contributed by atoms with Gasteiger partial charge in [-0.25, -0.2) is 8.42 Å². The molecule has 1 aromatic rings.